The van der Waals surface area contributed by atoms with Gasteiger partial charge in [0.2, 0.25) is 0 Å². The van der Waals surface area contributed by atoms with Gasteiger partial charge in [0.1, 0.15) is 5.75 Å². The van der Waals surface area contributed by atoms with E-state index in [4.69, 9.17) is 4.74 Å². The number of unbranched alkanes of at least 4 members (excludes halogenated alkanes) is 2. The summed E-state index contributed by atoms with van der Waals surface area (Å²) in [4.78, 5) is 12.8. The van der Waals surface area contributed by atoms with Gasteiger partial charge in [-0.15, -0.1) is 0 Å². The highest BCUT2D eigenvalue weighted by atomic mass is 16.5. The van der Waals surface area contributed by atoms with Gasteiger partial charge >= 0.3 is 0 Å². The Bertz CT molecular complexity index is 747. The van der Waals surface area contributed by atoms with Gasteiger partial charge in [-0.3, -0.25) is 4.79 Å². The minimum atomic E-state index is -0.580. The van der Waals surface area contributed by atoms with Crippen molar-refractivity contribution in [3.05, 3.63) is 46.3 Å². The van der Waals surface area contributed by atoms with E-state index in [1.807, 2.05) is 39.0 Å². The van der Waals surface area contributed by atoms with Crippen LogP contribution in [0.4, 0.5) is 0 Å². The van der Waals surface area contributed by atoms with Crippen LogP contribution in [0, 0.1) is 27.7 Å². The highest BCUT2D eigenvalue weighted by molar-refractivity contribution is 5.83. The molecule has 2 aromatic rings. The van der Waals surface area contributed by atoms with Crippen molar-refractivity contribution >= 4 is 5.91 Å². The fourth-order valence-electron chi connectivity index (χ4n) is 3.02. The summed E-state index contributed by atoms with van der Waals surface area (Å²) in [5.41, 5.74) is 5.44. The van der Waals surface area contributed by atoms with Crippen LogP contribution in [-0.2, 0) is 6.42 Å². The Morgan fingerprint density at radius 1 is 1.16 bits per heavy atom. The Hall–Kier alpha value is -2.10. The summed E-state index contributed by atoms with van der Waals surface area (Å²) >= 11 is 0. The van der Waals surface area contributed by atoms with Gasteiger partial charge in [0.25, 0.3) is 5.91 Å². The Kier molecular flexibility index (Phi) is 6.40. The average Bonchev–Trinajstić information content (AvgIpc) is 2.85. The third-order valence-electron chi connectivity index (χ3n) is 4.82. The van der Waals surface area contributed by atoms with Gasteiger partial charge in [-0.25, -0.2) is 4.68 Å². The van der Waals surface area contributed by atoms with Crippen molar-refractivity contribution in [2.45, 2.75) is 73.3 Å². The number of hydrogen-bond donors (Lipinski definition) is 0. The van der Waals surface area contributed by atoms with Gasteiger partial charge in [0, 0.05) is 5.69 Å². The van der Waals surface area contributed by atoms with Crippen molar-refractivity contribution in [2.75, 3.05) is 0 Å². The zero-order chi connectivity index (χ0) is 18.6. The first-order chi connectivity index (χ1) is 11.8. The number of ether oxygens (including phenoxy) is 1. The molecule has 0 saturated heterocycles. The second kappa shape index (κ2) is 8.32. The minimum absolute atomic E-state index is 0.124. The summed E-state index contributed by atoms with van der Waals surface area (Å²) in [6, 6.07) is 5.89. The lowest BCUT2D eigenvalue weighted by atomic mass is 10.1. The fraction of sp³-hybridized carbons (Fsp3) is 0.524. The van der Waals surface area contributed by atoms with Crippen LogP contribution in [0.3, 0.4) is 0 Å². The van der Waals surface area contributed by atoms with Crippen LogP contribution in [0.15, 0.2) is 18.2 Å². The van der Waals surface area contributed by atoms with Gasteiger partial charge in [-0.1, -0.05) is 25.8 Å². The summed E-state index contributed by atoms with van der Waals surface area (Å²) < 4.78 is 7.37. The molecule has 4 heteroatoms. The minimum Gasteiger partial charge on any atom is -0.481 e. The highest BCUT2D eigenvalue weighted by Crippen LogP contribution is 2.20. The monoisotopic (exact) mass is 342 g/mol. The molecule has 136 valence electrons. The van der Waals surface area contributed by atoms with E-state index in [0.29, 0.717) is 5.75 Å². The SMILES string of the molecule is CCCCCc1c(C)nn(C(=O)C(C)Oc2ccc(C)c(C)c2)c1C. The lowest BCUT2D eigenvalue weighted by Gasteiger charge is -2.15. The molecule has 1 unspecified atom stereocenters. The quantitative estimate of drug-likeness (QED) is 0.668. The molecule has 0 spiro atoms. The Balaban J connectivity index is 2.13. The van der Waals surface area contributed by atoms with Crippen LogP contribution in [0.1, 0.15) is 66.0 Å². The highest BCUT2D eigenvalue weighted by Gasteiger charge is 2.22. The van der Waals surface area contributed by atoms with Gasteiger partial charge in [0.05, 0.1) is 5.69 Å². The largest absolute Gasteiger partial charge is 0.481 e. The first-order valence-electron chi connectivity index (χ1n) is 9.18. The Morgan fingerprint density at radius 2 is 1.88 bits per heavy atom. The number of carbonyl (C=O) groups is 1. The van der Waals surface area contributed by atoms with E-state index in [9.17, 15) is 4.79 Å². The van der Waals surface area contributed by atoms with Gasteiger partial charge in [-0.2, -0.15) is 5.10 Å². The van der Waals surface area contributed by atoms with E-state index in [1.54, 1.807) is 6.92 Å². The first kappa shape index (κ1) is 19.2. The standard InChI is InChI=1S/C21H30N2O2/c1-7-8-9-10-20-16(4)22-23(17(20)5)21(24)18(6)25-19-12-11-14(2)15(3)13-19/h11-13,18H,7-10H2,1-6H3. The zero-order valence-electron chi connectivity index (χ0n) is 16.3. The third kappa shape index (κ3) is 4.50. The van der Waals surface area contributed by atoms with Crippen molar-refractivity contribution in [1.29, 1.82) is 0 Å². The van der Waals surface area contributed by atoms with Crippen molar-refractivity contribution in [2.24, 2.45) is 0 Å². The molecule has 0 N–H and O–H groups in total. The molecule has 1 aromatic heterocycles. The Morgan fingerprint density at radius 3 is 2.52 bits per heavy atom. The summed E-state index contributed by atoms with van der Waals surface area (Å²) in [6.45, 7) is 12.0. The molecule has 2 rings (SSSR count). The number of carbonyl (C=O) groups excluding carboxylic acids is 1. The van der Waals surface area contributed by atoms with Crippen LogP contribution < -0.4 is 4.74 Å². The molecule has 0 bridgehead atoms. The molecule has 0 aliphatic rings. The number of aromatic nitrogens is 2. The molecule has 0 fully saturated rings. The van der Waals surface area contributed by atoms with E-state index < -0.39 is 6.10 Å². The lowest BCUT2D eigenvalue weighted by Crippen LogP contribution is -2.31. The van der Waals surface area contributed by atoms with E-state index in [-0.39, 0.29) is 5.91 Å². The first-order valence-corrected chi connectivity index (χ1v) is 9.18. The number of benzene rings is 1. The van der Waals surface area contributed by atoms with Gasteiger partial charge in [0.15, 0.2) is 6.10 Å². The van der Waals surface area contributed by atoms with E-state index in [2.05, 4.69) is 18.9 Å². The zero-order valence-corrected chi connectivity index (χ0v) is 16.3. The molecule has 0 amide bonds. The van der Waals surface area contributed by atoms with E-state index in [1.165, 1.54) is 28.7 Å². The smallest absolute Gasteiger partial charge is 0.287 e. The third-order valence-corrected chi connectivity index (χ3v) is 4.82. The van der Waals surface area contributed by atoms with Crippen molar-refractivity contribution < 1.29 is 9.53 Å². The second-order valence-electron chi connectivity index (χ2n) is 6.86. The summed E-state index contributed by atoms with van der Waals surface area (Å²) in [5.74, 6) is 0.592. The maximum Gasteiger partial charge on any atom is 0.287 e. The predicted molar refractivity (Wildman–Crippen MR) is 102 cm³/mol. The maximum atomic E-state index is 12.8. The van der Waals surface area contributed by atoms with Crippen molar-refractivity contribution in [3.8, 4) is 5.75 Å². The number of aryl methyl sites for hydroxylation is 3. The number of nitrogens with zero attached hydrogens (tertiary/aromatic N) is 2. The molecular formula is C21H30N2O2. The maximum absolute atomic E-state index is 12.8. The predicted octanol–water partition coefficient (Wildman–Crippen LogP) is 4.96. The molecule has 0 aliphatic carbocycles. The summed E-state index contributed by atoms with van der Waals surface area (Å²) in [5, 5.41) is 4.47. The number of rotatable bonds is 7. The van der Waals surface area contributed by atoms with Crippen LogP contribution in [0.2, 0.25) is 0 Å². The van der Waals surface area contributed by atoms with Gasteiger partial charge in [-0.05, 0) is 76.3 Å². The molecular weight excluding hydrogens is 312 g/mol. The Labute approximate surface area is 151 Å². The van der Waals surface area contributed by atoms with Crippen LogP contribution in [0.5, 0.6) is 5.75 Å². The molecule has 4 nitrogen and oxygen atoms in total. The summed E-state index contributed by atoms with van der Waals surface area (Å²) in [6.07, 6.45) is 3.91. The normalized spacial score (nSPS) is 12.2. The van der Waals surface area contributed by atoms with Gasteiger partial charge < -0.3 is 4.74 Å². The molecule has 0 radical (unpaired) electrons. The molecule has 1 atom stereocenters. The fourth-order valence-corrected chi connectivity index (χ4v) is 3.02. The van der Waals surface area contributed by atoms with E-state index in [0.717, 1.165) is 29.8 Å². The molecule has 0 saturated carbocycles. The van der Waals surface area contributed by atoms with E-state index >= 15 is 0 Å². The van der Waals surface area contributed by atoms with Crippen molar-refractivity contribution in [3.63, 3.8) is 0 Å². The topological polar surface area (TPSA) is 44.1 Å². The molecule has 25 heavy (non-hydrogen) atoms. The summed E-state index contributed by atoms with van der Waals surface area (Å²) in [7, 11) is 0. The van der Waals surface area contributed by atoms with Crippen LogP contribution in [0.25, 0.3) is 0 Å². The van der Waals surface area contributed by atoms with Crippen LogP contribution in [-0.4, -0.2) is 21.8 Å². The molecule has 0 aliphatic heterocycles. The average molecular weight is 342 g/mol. The van der Waals surface area contributed by atoms with Crippen LogP contribution >= 0.6 is 0 Å². The molecule has 1 heterocycles. The lowest BCUT2D eigenvalue weighted by molar-refractivity contribution is 0.0707. The number of hydrogen-bond acceptors (Lipinski definition) is 3. The second-order valence-corrected chi connectivity index (χ2v) is 6.86. The van der Waals surface area contributed by atoms with Crippen molar-refractivity contribution in [1.82, 2.24) is 9.78 Å². The molecule has 1 aromatic carbocycles.